The van der Waals surface area contributed by atoms with Crippen molar-refractivity contribution >= 4 is 17.7 Å². The molecule has 8 heteroatoms. The molecule has 1 aromatic heterocycles. The highest BCUT2D eigenvalue weighted by Crippen LogP contribution is 2.34. The molecule has 0 spiro atoms. The van der Waals surface area contributed by atoms with Crippen molar-refractivity contribution in [3.63, 3.8) is 0 Å². The van der Waals surface area contributed by atoms with E-state index in [1.54, 1.807) is 20.5 Å². The number of hydrogen-bond donors (Lipinski definition) is 0. The summed E-state index contributed by atoms with van der Waals surface area (Å²) in [5, 5.41) is 8.90. The lowest BCUT2D eigenvalue weighted by atomic mass is 10.0. The molecule has 4 rings (SSSR count). The van der Waals surface area contributed by atoms with Gasteiger partial charge < -0.3 is 14.4 Å². The smallest absolute Gasteiger partial charge is 0.233 e. The molecule has 2 aromatic carbocycles. The third-order valence-corrected chi connectivity index (χ3v) is 6.17. The number of ether oxygens (including phenoxy) is 2. The molecule has 30 heavy (non-hydrogen) atoms. The van der Waals surface area contributed by atoms with Gasteiger partial charge in [0.05, 0.1) is 26.0 Å². The molecule has 1 amide bonds. The monoisotopic (exact) mass is 424 g/mol. The van der Waals surface area contributed by atoms with Crippen molar-refractivity contribution in [1.29, 1.82) is 0 Å². The lowest BCUT2D eigenvalue weighted by Crippen LogP contribution is -2.32. The molecular formula is C22H24N4O3S. The fourth-order valence-electron chi connectivity index (χ4n) is 3.71. The van der Waals surface area contributed by atoms with Crippen molar-refractivity contribution in [2.24, 2.45) is 0 Å². The van der Waals surface area contributed by atoms with Crippen LogP contribution in [0.5, 0.6) is 11.5 Å². The summed E-state index contributed by atoms with van der Waals surface area (Å²) in [4.78, 5) is 15.0. The van der Waals surface area contributed by atoms with E-state index >= 15 is 0 Å². The van der Waals surface area contributed by atoms with Gasteiger partial charge in [0, 0.05) is 12.2 Å². The number of likely N-dealkylation sites (tertiary alicyclic amines) is 1. The molecule has 3 aromatic rings. The van der Waals surface area contributed by atoms with Crippen molar-refractivity contribution in [1.82, 2.24) is 19.7 Å². The third kappa shape index (κ3) is 4.28. The number of carbonyl (C=O) groups is 1. The summed E-state index contributed by atoms with van der Waals surface area (Å²) in [7, 11) is 3.30. The van der Waals surface area contributed by atoms with E-state index in [4.69, 9.17) is 9.47 Å². The quantitative estimate of drug-likeness (QED) is 0.538. The predicted molar refractivity (Wildman–Crippen MR) is 115 cm³/mol. The van der Waals surface area contributed by atoms with Crippen molar-refractivity contribution in [3.05, 3.63) is 60.4 Å². The Bertz CT molecular complexity index is 1010. The first kappa shape index (κ1) is 20.3. The van der Waals surface area contributed by atoms with E-state index < -0.39 is 0 Å². The van der Waals surface area contributed by atoms with Crippen LogP contribution in [-0.2, 0) is 4.79 Å². The summed E-state index contributed by atoms with van der Waals surface area (Å²) in [5.74, 6) is 2.02. The zero-order valence-electron chi connectivity index (χ0n) is 17.0. The van der Waals surface area contributed by atoms with Crippen LogP contribution >= 0.6 is 11.8 Å². The van der Waals surface area contributed by atoms with Gasteiger partial charge in [-0.2, -0.15) is 0 Å². The first-order chi connectivity index (χ1) is 14.7. The van der Waals surface area contributed by atoms with E-state index in [0.717, 1.165) is 42.1 Å². The number of rotatable bonds is 7. The van der Waals surface area contributed by atoms with Crippen LogP contribution in [0.3, 0.4) is 0 Å². The Hall–Kier alpha value is -3.00. The van der Waals surface area contributed by atoms with E-state index in [0.29, 0.717) is 10.9 Å². The third-order valence-electron chi connectivity index (χ3n) is 5.24. The Balaban J connectivity index is 1.44. The minimum atomic E-state index is 0.0904. The Labute approximate surface area is 180 Å². The first-order valence-electron chi connectivity index (χ1n) is 9.80. The number of aromatic nitrogens is 3. The van der Waals surface area contributed by atoms with Crippen molar-refractivity contribution < 1.29 is 14.3 Å². The lowest BCUT2D eigenvalue weighted by Gasteiger charge is -2.25. The molecule has 1 unspecified atom stereocenters. The minimum absolute atomic E-state index is 0.0904. The molecule has 0 N–H and O–H groups in total. The SMILES string of the molecule is COc1ccc(-n2cnnc2SCC(=O)N2CCCC2c2cccc(OC)c2)cc1. The van der Waals surface area contributed by atoms with E-state index in [1.807, 2.05) is 51.9 Å². The fraction of sp³-hybridized carbons (Fsp3) is 0.318. The minimum Gasteiger partial charge on any atom is -0.497 e. The maximum absolute atomic E-state index is 13.0. The Kier molecular flexibility index (Phi) is 6.23. The first-order valence-corrected chi connectivity index (χ1v) is 10.8. The van der Waals surface area contributed by atoms with Crippen LogP contribution in [0.1, 0.15) is 24.4 Å². The van der Waals surface area contributed by atoms with Crippen molar-refractivity contribution in [2.75, 3.05) is 26.5 Å². The van der Waals surface area contributed by atoms with E-state index in [9.17, 15) is 4.79 Å². The summed E-state index contributed by atoms with van der Waals surface area (Å²) in [6.45, 7) is 0.770. The van der Waals surface area contributed by atoms with E-state index in [1.165, 1.54) is 11.8 Å². The molecule has 0 aliphatic carbocycles. The highest BCUT2D eigenvalue weighted by Gasteiger charge is 2.30. The van der Waals surface area contributed by atoms with Gasteiger partial charge in [0.2, 0.25) is 5.91 Å². The summed E-state index contributed by atoms with van der Waals surface area (Å²) in [6, 6.07) is 15.7. The second-order valence-corrected chi connectivity index (χ2v) is 7.93. The molecule has 0 bridgehead atoms. The molecule has 7 nitrogen and oxygen atoms in total. The van der Waals surface area contributed by atoms with Gasteiger partial charge in [-0.25, -0.2) is 0 Å². The van der Waals surface area contributed by atoms with Gasteiger partial charge in [-0.05, 0) is 54.8 Å². The maximum atomic E-state index is 13.0. The largest absolute Gasteiger partial charge is 0.497 e. The number of amides is 1. The summed E-state index contributed by atoms with van der Waals surface area (Å²) < 4.78 is 12.4. The standard InChI is InChI=1S/C22H24N4O3S/c1-28-18-10-8-17(9-11-18)26-15-23-24-22(26)30-14-21(27)25-12-4-7-20(25)16-5-3-6-19(13-16)29-2/h3,5-6,8-11,13,15,20H,4,7,12,14H2,1-2H3. The number of carbonyl (C=O) groups excluding carboxylic acids is 1. The van der Waals surface area contributed by atoms with Gasteiger partial charge in [0.25, 0.3) is 0 Å². The highest BCUT2D eigenvalue weighted by atomic mass is 32.2. The van der Waals surface area contributed by atoms with Crippen LogP contribution in [0, 0.1) is 0 Å². The zero-order valence-corrected chi connectivity index (χ0v) is 17.8. The molecule has 1 fully saturated rings. The molecule has 1 atom stereocenters. The van der Waals surface area contributed by atoms with Crippen LogP contribution < -0.4 is 9.47 Å². The normalized spacial score (nSPS) is 15.9. The van der Waals surface area contributed by atoms with Crippen molar-refractivity contribution in [2.45, 2.75) is 24.0 Å². The number of thioether (sulfide) groups is 1. The molecule has 0 radical (unpaired) electrons. The molecule has 1 aliphatic heterocycles. The van der Waals surface area contributed by atoms with E-state index in [-0.39, 0.29) is 11.9 Å². The van der Waals surface area contributed by atoms with Gasteiger partial charge in [0.1, 0.15) is 17.8 Å². The molecule has 156 valence electrons. The summed E-state index contributed by atoms with van der Waals surface area (Å²) >= 11 is 1.40. The molecule has 0 saturated carbocycles. The van der Waals surface area contributed by atoms with Crippen molar-refractivity contribution in [3.8, 4) is 17.2 Å². The topological polar surface area (TPSA) is 69.5 Å². The zero-order chi connectivity index (χ0) is 20.9. The van der Waals surface area contributed by atoms with Crippen LogP contribution in [0.4, 0.5) is 0 Å². The van der Waals surface area contributed by atoms with Gasteiger partial charge >= 0.3 is 0 Å². The average Bonchev–Trinajstić information content (AvgIpc) is 3.47. The second kappa shape index (κ2) is 9.21. The molecule has 1 saturated heterocycles. The van der Waals surface area contributed by atoms with Crippen LogP contribution in [-0.4, -0.2) is 52.1 Å². The number of methoxy groups -OCH3 is 2. The number of nitrogens with zero attached hydrogens (tertiary/aromatic N) is 4. The van der Waals surface area contributed by atoms with Gasteiger partial charge in [-0.15, -0.1) is 10.2 Å². The molecule has 1 aliphatic rings. The van der Waals surface area contributed by atoms with Gasteiger partial charge in [-0.3, -0.25) is 9.36 Å². The predicted octanol–water partition coefficient (Wildman–Crippen LogP) is 3.74. The molecular weight excluding hydrogens is 400 g/mol. The second-order valence-electron chi connectivity index (χ2n) is 6.99. The molecule has 2 heterocycles. The Morgan fingerprint density at radius 3 is 2.70 bits per heavy atom. The van der Waals surface area contributed by atoms with E-state index in [2.05, 4.69) is 16.3 Å². The Morgan fingerprint density at radius 1 is 1.13 bits per heavy atom. The van der Waals surface area contributed by atoms with Crippen LogP contribution in [0.15, 0.2) is 60.0 Å². The summed E-state index contributed by atoms with van der Waals surface area (Å²) in [6.07, 6.45) is 3.62. The maximum Gasteiger partial charge on any atom is 0.233 e. The van der Waals surface area contributed by atoms with Gasteiger partial charge in [0.15, 0.2) is 5.16 Å². The Morgan fingerprint density at radius 2 is 1.93 bits per heavy atom. The van der Waals surface area contributed by atoms with Crippen LogP contribution in [0.2, 0.25) is 0 Å². The lowest BCUT2D eigenvalue weighted by molar-refractivity contribution is -0.129. The fourth-order valence-corrected chi connectivity index (χ4v) is 4.53. The summed E-state index contributed by atoms with van der Waals surface area (Å²) in [5.41, 5.74) is 2.04. The average molecular weight is 425 g/mol. The number of benzene rings is 2. The van der Waals surface area contributed by atoms with Gasteiger partial charge in [-0.1, -0.05) is 23.9 Å². The van der Waals surface area contributed by atoms with Crippen LogP contribution in [0.25, 0.3) is 5.69 Å². The number of hydrogen-bond acceptors (Lipinski definition) is 6. The highest BCUT2D eigenvalue weighted by molar-refractivity contribution is 7.99.